The van der Waals surface area contributed by atoms with Crippen molar-refractivity contribution in [2.75, 3.05) is 12.4 Å². The van der Waals surface area contributed by atoms with E-state index in [2.05, 4.69) is 5.32 Å². The molecular weight excluding hydrogens is 266 g/mol. The van der Waals surface area contributed by atoms with E-state index in [-0.39, 0.29) is 17.2 Å². The highest BCUT2D eigenvalue weighted by atomic mass is 32.1. The van der Waals surface area contributed by atoms with E-state index in [0.717, 1.165) is 0 Å². The van der Waals surface area contributed by atoms with Crippen LogP contribution in [0.1, 0.15) is 20.0 Å². The monoisotopic (exact) mass is 277 g/mol. The minimum atomic E-state index is -1.08. The maximum atomic E-state index is 12.0. The zero-order valence-corrected chi connectivity index (χ0v) is 10.9. The van der Waals surface area contributed by atoms with Crippen molar-refractivity contribution in [3.63, 3.8) is 0 Å². The number of methoxy groups -OCH3 is 1. The zero-order valence-electron chi connectivity index (χ0n) is 10.0. The van der Waals surface area contributed by atoms with Crippen LogP contribution in [0, 0.1) is 0 Å². The van der Waals surface area contributed by atoms with Crippen LogP contribution in [0.15, 0.2) is 35.7 Å². The summed E-state index contributed by atoms with van der Waals surface area (Å²) in [6.45, 7) is 0. The van der Waals surface area contributed by atoms with Crippen LogP contribution in [-0.2, 0) is 0 Å². The van der Waals surface area contributed by atoms with E-state index in [1.165, 1.54) is 24.5 Å². The van der Waals surface area contributed by atoms with Gasteiger partial charge in [0.2, 0.25) is 0 Å². The van der Waals surface area contributed by atoms with Crippen molar-refractivity contribution in [1.29, 1.82) is 0 Å². The number of carboxylic acid groups (broad SMARTS) is 1. The van der Waals surface area contributed by atoms with E-state index in [4.69, 9.17) is 9.84 Å². The molecule has 0 saturated carbocycles. The molecule has 6 heteroatoms. The molecule has 0 spiro atoms. The fourth-order valence-corrected chi connectivity index (χ4v) is 2.26. The molecule has 0 bridgehead atoms. The lowest BCUT2D eigenvalue weighted by molar-refractivity contribution is 0.0698. The summed E-state index contributed by atoms with van der Waals surface area (Å²) < 4.78 is 4.99. The topological polar surface area (TPSA) is 75.6 Å². The van der Waals surface area contributed by atoms with Crippen molar-refractivity contribution >= 4 is 28.9 Å². The third-order valence-electron chi connectivity index (χ3n) is 2.44. The summed E-state index contributed by atoms with van der Waals surface area (Å²) in [6.07, 6.45) is 0. The number of hydrogen-bond donors (Lipinski definition) is 2. The number of rotatable bonds is 4. The van der Waals surface area contributed by atoms with Gasteiger partial charge >= 0.3 is 5.97 Å². The summed E-state index contributed by atoms with van der Waals surface area (Å²) >= 11 is 1.23. The average Bonchev–Trinajstić information content (AvgIpc) is 2.88. The van der Waals surface area contributed by atoms with Crippen molar-refractivity contribution in [2.45, 2.75) is 0 Å². The van der Waals surface area contributed by atoms with Crippen LogP contribution in [-0.4, -0.2) is 24.1 Å². The van der Waals surface area contributed by atoms with Crippen LogP contribution >= 0.6 is 11.3 Å². The molecule has 0 radical (unpaired) electrons. The van der Waals surface area contributed by atoms with Crippen LogP contribution in [0.5, 0.6) is 5.75 Å². The summed E-state index contributed by atoms with van der Waals surface area (Å²) in [6, 6.07) is 7.85. The quantitative estimate of drug-likeness (QED) is 0.901. The summed E-state index contributed by atoms with van der Waals surface area (Å²) in [5.41, 5.74) is 0.326. The second-order valence-corrected chi connectivity index (χ2v) is 4.57. The van der Waals surface area contributed by atoms with Crippen molar-refractivity contribution < 1.29 is 19.4 Å². The van der Waals surface area contributed by atoms with Gasteiger partial charge in [0.15, 0.2) is 0 Å². The van der Waals surface area contributed by atoms with Gasteiger partial charge in [-0.1, -0.05) is 12.1 Å². The van der Waals surface area contributed by atoms with E-state index in [1.54, 1.807) is 29.6 Å². The lowest BCUT2D eigenvalue weighted by Crippen LogP contribution is -2.13. The van der Waals surface area contributed by atoms with E-state index < -0.39 is 5.97 Å². The zero-order chi connectivity index (χ0) is 13.8. The normalized spacial score (nSPS) is 9.95. The number of carbonyl (C=O) groups is 2. The lowest BCUT2D eigenvalue weighted by Gasteiger charge is -2.06. The number of para-hydroxylation sites is 1. The highest BCUT2D eigenvalue weighted by molar-refractivity contribution is 7.12. The molecule has 1 aromatic heterocycles. The predicted octanol–water partition coefficient (Wildman–Crippen LogP) is 2.71. The second-order valence-electron chi connectivity index (χ2n) is 3.66. The molecule has 0 atom stereocenters. The highest BCUT2D eigenvalue weighted by Crippen LogP contribution is 2.23. The summed E-state index contributed by atoms with van der Waals surface area (Å²) in [5, 5.41) is 13.3. The first kappa shape index (κ1) is 13.1. The smallest absolute Gasteiger partial charge is 0.337 e. The SMILES string of the molecule is COc1csc(C(=O)Nc2ccccc2C(=O)O)c1. The third kappa shape index (κ3) is 2.92. The second kappa shape index (κ2) is 5.53. The van der Waals surface area contributed by atoms with Gasteiger partial charge in [0, 0.05) is 11.4 Å². The van der Waals surface area contributed by atoms with Crippen molar-refractivity contribution in [3.05, 3.63) is 46.2 Å². The molecule has 1 heterocycles. The van der Waals surface area contributed by atoms with Gasteiger partial charge < -0.3 is 15.2 Å². The number of carbonyl (C=O) groups excluding carboxylic acids is 1. The fourth-order valence-electron chi connectivity index (χ4n) is 1.51. The molecular formula is C13H11NO4S. The van der Waals surface area contributed by atoms with Crippen molar-refractivity contribution in [1.82, 2.24) is 0 Å². The minimum Gasteiger partial charge on any atom is -0.496 e. The predicted molar refractivity (Wildman–Crippen MR) is 72.2 cm³/mol. The number of ether oxygens (including phenoxy) is 1. The molecule has 19 heavy (non-hydrogen) atoms. The fraction of sp³-hybridized carbons (Fsp3) is 0.0769. The molecule has 0 saturated heterocycles. The van der Waals surface area contributed by atoms with Gasteiger partial charge in [-0.25, -0.2) is 4.79 Å². The summed E-state index contributed by atoms with van der Waals surface area (Å²) in [5.74, 6) is -0.844. The van der Waals surface area contributed by atoms with Crippen molar-refractivity contribution in [2.24, 2.45) is 0 Å². The Bertz CT molecular complexity index is 621. The number of benzene rings is 1. The van der Waals surface area contributed by atoms with Crippen molar-refractivity contribution in [3.8, 4) is 5.75 Å². The molecule has 0 fully saturated rings. The number of nitrogens with one attached hydrogen (secondary N) is 1. The molecule has 0 unspecified atom stereocenters. The van der Waals surface area contributed by atoms with E-state index in [1.807, 2.05) is 0 Å². The number of anilines is 1. The maximum Gasteiger partial charge on any atom is 0.337 e. The standard InChI is InChI=1S/C13H11NO4S/c1-18-8-6-11(19-7-8)12(15)14-10-5-3-2-4-9(10)13(16)17/h2-7H,1H3,(H,14,15)(H,16,17). The largest absolute Gasteiger partial charge is 0.496 e. The van der Waals surface area contributed by atoms with Gasteiger partial charge in [0.1, 0.15) is 5.75 Å². The van der Waals surface area contributed by atoms with Gasteiger partial charge in [-0.3, -0.25) is 4.79 Å². The Labute approximate surface area is 113 Å². The van der Waals surface area contributed by atoms with Gasteiger partial charge in [-0.05, 0) is 12.1 Å². The van der Waals surface area contributed by atoms with Crippen LogP contribution in [0.25, 0.3) is 0 Å². The maximum absolute atomic E-state index is 12.0. The number of thiophene rings is 1. The molecule has 0 aliphatic heterocycles. The van der Waals surface area contributed by atoms with Crippen LogP contribution in [0.2, 0.25) is 0 Å². The third-order valence-corrected chi connectivity index (χ3v) is 3.35. The lowest BCUT2D eigenvalue weighted by atomic mass is 10.2. The van der Waals surface area contributed by atoms with Crippen LogP contribution < -0.4 is 10.1 Å². The Kier molecular flexibility index (Phi) is 3.82. The Balaban J connectivity index is 2.21. The Morgan fingerprint density at radius 2 is 2.05 bits per heavy atom. The number of amides is 1. The first-order valence-electron chi connectivity index (χ1n) is 5.38. The minimum absolute atomic E-state index is 0.0550. The van der Waals surface area contributed by atoms with Gasteiger partial charge in [-0.2, -0.15) is 0 Å². The van der Waals surface area contributed by atoms with Crippen LogP contribution in [0.3, 0.4) is 0 Å². The summed E-state index contributed by atoms with van der Waals surface area (Å²) in [7, 11) is 1.52. The first-order valence-corrected chi connectivity index (χ1v) is 6.26. The molecule has 0 aliphatic carbocycles. The average molecular weight is 277 g/mol. The molecule has 2 aromatic rings. The molecule has 0 aliphatic rings. The molecule has 98 valence electrons. The number of aromatic carboxylic acids is 1. The van der Waals surface area contributed by atoms with E-state index >= 15 is 0 Å². The Morgan fingerprint density at radius 1 is 1.32 bits per heavy atom. The number of carboxylic acids is 1. The molecule has 1 aromatic carbocycles. The molecule has 2 N–H and O–H groups in total. The van der Waals surface area contributed by atoms with E-state index in [0.29, 0.717) is 10.6 Å². The van der Waals surface area contributed by atoms with E-state index in [9.17, 15) is 9.59 Å². The number of hydrogen-bond acceptors (Lipinski definition) is 4. The Hall–Kier alpha value is -2.34. The van der Waals surface area contributed by atoms with Gasteiger partial charge in [0.25, 0.3) is 5.91 Å². The van der Waals surface area contributed by atoms with Gasteiger partial charge in [-0.15, -0.1) is 11.3 Å². The summed E-state index contributed by atoms with van der Waals surface area (Å²) in [4.78, 5) is 23.4. The molecule has 2 rings (SSSR count). The highest BCUT2D eigenvalue weighted by Gasteiger charge is 2.14. The molecule has 1 amide bonds. The Morgan fingerprint density at radius 3 is 2.68 bits per heavy atom. The van der Waals surface area contributed by atoms with Gasteiger partial charge in [0.05, 0.1) is 23.2 Å². The van der Waals surface area contributed by atoms with Crippen LogP contribution in [0.4, 0.5) is 5.69 Å². The molecule has 5 nitrogen and oxygen atoms in total. The first-order chi connectivity index (χ1) is 9.11.